The smallest absolute Gasteiger partial charge is 0.239 e. The second-order valence-corrected chi connectivity index (χ2v) is 6.80. The molecule has 7 heteroatoms. The summed E-state index contributed by atoms with van der Waals surface area (Å²) in [6, 6.07) is 7.64. The van der Waals surface area contributed by atoms with Crippen molar-refractivity contribution in [2.24, 2.45) is 5.41 Å². The van der Waals surface area contributed by atoms with Crippen LogP contribution in [0, 0.1) is 5.41 Å². The Balaban J connectivity index is 2.02. The summed E-state index contributed by atoms with van der Waals surface area (Å²) in [5.74, 6) is -0.627. The maximum Gasteiger partial charge on any atom is 0.239 e. The predicted octanol–water partition coefficient (Wildman–Crippen LogP) is 1.64. The molecule has 0 aliphatic carbocycles. The third-order valence-corrected chi connectivity index (χ3v) is 4.45. The number of methoxy groups -OCH3 is 1. The molecule has 7 nitrogen and oxygen atoms in total. The number of carbonyl (C=O) groups is 2. The van der Waals surface area contributed by atoms with Crippen LogP contribution < -0.4 is 15.5 Å². The zero-order valence-corrected chi connectivity index (χ0v) is 15.8. The van der Waals surface area contributed by atoms with Crippen LogP contribution in [0.5, 0.6) is 0 Å². The van der Waals surface area contributed by atoms with Gasteiger partial charge in [0.25, 0.3) is 0 Å². The van der Waals surface area contributed by atoms with Crippen LogP contribution in [-0.2, 0) is 19.1 Å². The van der Waals surface area contributed by atoms with E-state index in [1.54, 1.807) is 21.0 Å². The zero-order chi connectivity index (χ0) is 19.0. The molecule has 0 aromatic heterocycles. The molecule has 2 rings (SSSR count). The van der Waals surface area contributed by atoms with Crippen LogP contribution in [-0.4, -0.2) is 58.4 Å². The first-order valence-electron chi connectivity index (χ1n) is 8.97. The topological polar surface area (TPSA) is 79.9 Å². The van der Waals surface area contributed by atoms with Gasteiger partial charge < -0.3 is 25.0 Å². The number of nitrogens with zero attached hydrogens (tertiary/aromatic N) is 1. The van der Waals surface area contributed by atoms with Crippen molar-refractivity contribution in [2.45, 2.75) is 20.3 Å². The molecule has 0 bridgehead atoms. The number of hydrogen-bond donors (Lipinski definition) is 2. The molecule has 2 N–H and O–H groups in total. The predicted molar refractivity (Wildman–Crippen MR) is 101 cm³/mol. The minimum absolute atomic E-state index is 0.296. The molecular formula is C19H29N3O4. The lowest BCUT2D eigenvalue weighted by Gasteiger charge is -2.31. The fourth-order valence-corrected chi connectivity index (χ4v) is 2.68. The Bertz CT molecular complexity index is 613. The normalized spacial score (nSPS) is 14.8. The van der Waals surface area contributed by atoms with Crippen LogP contribution in [0.1, 0.15) is 20.3 Å². The van der Waals surface area contributed by atoms with E-state index in [0.717, 1.165) is 18.8 Å². The van der Waals surface area contributed by atoms with E-state index in [1.165, 1.54) is 0 Å². The minimum Gasteiger partial charge on any atom is -0.385 e. The summed E-state index contributed by atoms with van der Waals surface area (Å²) >= 11 is 0. The highest BCUT2D eigenvalue weighted by Gasteiger charge is 2.36. The van der Waals surface area contributed by atoms with E-state index >= 15 is 0 Å². The molecule has 0 unspecified atom stereocenters. The van der Waals surface area contributed by atoms with Gasteiger partial charge in [-0.3, -0.25) is 9.59 Å². The molecular weight excluding hydrogens is 334 g/mol. The third-order valence-electron chi connectivity index (χ3n) is 4.45. The molecule has 144 valence electrons. The number of para-hydroxylation sites is 2. The molecule has 1 aromatic carbocycles. The molecule has 0 saturated carbocycles. The Morgan fingerprint density at radius 1 is 1.19 bits per heavy atom. The van der Waals surface area contributed by atoms with Gasteiger partial charge in [-0.05, 0) is 32.4 Å². The van der Waals surface area contributed by atoms with Gasteiger partial charge in [0.2, 0.25) is 11.8 Å². The van der Waals surface area contributed by atoms with Crippen molar-refractivity contribution in [2.75, 3.05) is 56.8 Å². The monoisotopic (exact) mass is 363 g/mol. The maximum atomic E-state index is 12.8. The van der Waals surface area contributed by atoms with E-state index in [-0.39, 0.29) is 11.8 Å². The van der Waals surface area contributed by atoms with Crippen molar-refractivity contribution in [1.29, 1.82) is 0 Å². The van der Waals surface area contributed by atoms with E-state index in [0.29, 0.717) is 38.5 Å². The summed E-state index contributed by atoms with van der Waals surface area (Å²) in [5, 5.41) is 5.72. The minimum atomic E-state index is -1.18. The Morgan fingerprint density at radius 2 is 1.88 bits per heavy atom. The average Bonchev–Trinajstić information content (AvgIpc) is 2.66. The van der Waals surface area contributed by atoms with Crippen molar-refractivity contribution in [3.8, 4) is 0 Å². The van der Waals surface area contributed by atoms with Crippen molar-refractivity contribution >= 4 is 23.2 Å². The van der Waals surface area contributed by atoms with Crippen LogP contribution in [0.25, 0.3) is 0 Å². The zero-order valence-electron chi connectivity index (χ0n) is 15.8. The molecule has 0 radical (unpaired) electrons. The first-order chi connectivity index (χ1) is 12.5. The quantitative estimate of drug-likeness (QED) is 0.542. The van der Waals surface area contributed by atoms with Gasteiger partial charge in [0.15, 0.2) is 0 Å². The van der Waals surface area contributed by atoms with Crippen LogP contribution in [0.15, 0.2) is 24.3 Å². The largest absolute Gasteiger partial charge is 0.385 e. The standard InChI is InChI=1S/C19H29N3O4/c1-19(2,17(23)20-9-6-12-25-3)18(24)21-15-7-4-5-8-16(15)22-10-13-26-14-11-22/h4-5,7-8H,6,9-14H2,1-3H3,(H,20,23)(H,21,24). The van der Waals surface area contributed by atoms with E-state index in [4.69, 9.17) is 9.47 Å². The summed E-state index contributed by atoms with van der Waals surface area (Å²) in [4.78, 5) is 27.3. The molecule has 1 aromatic rings. The van der Waals surface area contributed by atoms with Crippen LogP contribution >= 0.6 is 0 Å². The Hall–Kier alpha value is -2.12. The second-order valence-electron chi connectivity index (χ2n) is 6.80. The van der Waals surface area contributed by atoms with Gasteiger partial charge in [0.1, 0.15) is 5.41 Å². The highest BCUT2D eigenvalue weighted by molar-refractivity contribution is 6.10. The van der Waals surface area contributed by atoms with Crippen molar-refractivity contribution < 1.29 is 19.1 Å². The van der Waals surface area contributed by atoms with Gasteiger partial charge in [0, 0.05) is 33.4 Å². The maximum absolute atomic E-state index is 12.8. The summed E-state index contributed by atoms with van der Waals surface area (Å²) < 4.78 is 10.4. The van der Waals surface area contributed by atoms with E-state index in [1.807, 2.05) is 24.3 Å². The lowest BCUT2D eigenvalue weighted by Crippen LogP contribution is -2.45. The molecule has 2 amide bonds. The second kappa shape index (κ2) is 9.54. The summed E-state index contributed by atoms with van der Waals surface area (Å²) in [5.41, 5.74) is 0.477. The fourth-order valence-electron chi connectivity index (χ4n) is 2.68. The Morgan fingerprint density at radius 3 is 2.58 bits per heavy atom. The van der Waals surface area contributed by atoms with Crippen LogP contribution in [0.4, 0.5) is 11.4 Å². The highest BCUT2D eigenvalue weighted by Crippen LogP contribution is 2.28. The fraction of sp³-hybridized carbons (Fsp3) is 0.579. The van der Waals surface area contributed by atoms with E-state index in [2.05, 4.69) is 15.5 Å². The molecule has 0 spiro atoms. The van der Waals surface area contributed by atoms with Gasteiger partial charge >= 0.3 is 0 Å². The molecule has 1 fully saturated rings. The number of amides is 2. The number of rotatable bonds is 8. The van der Waals surface area contributed by atoms with Crippen molar-refractivity contribution in [1.82, 2.24) is 5.32 Å². The molecule has 1 saturated heterocycles. The number of benzene rings is 1. The van der Waals surface area contributed by atoms with Crippen LogP contribution in [0.2, 0.25) is 0 Å². The summed E-state index contributed by atoms with van der Waals surface area (Å²) in [6.45, 7) is 7.19. The molecule has 1 aliphatic rings. The number of ether oxygens (including phenoxy) is 2. The van der Waals surface area contributed by atoms with Crippen molar-refractivity contribution in [3.63, 3.8) is 0 Å². The number of anilines is 2. The molecule has 26 heavy (non-hydrogen) atoms. The Labute approximate surface area is 155 Å². The van der Waals surface area contributed by atoms with Gasteiger partial charge in [-0.2, -0.15) is 0 Å². The number of hydrogen-bond acceptors (Lipinski definition) is 5. The van der Waals surface area contributed by atoms with Crippen LogP contribution in [0.3, 0.4) is 0 Å². The SMILES string of the molecule is COCCCNC(=O)C(C)(C)C(=O)Nc1ccccc1N1CCOCC1. The van der Waals surface area contributed by atoms with Gasteiger partial charge in [0.05, 0.1) is 24.6 Å². The number of nitrogens with one attached hydrogen (secondary N) is 2. The van der Waals surface area contributed by atoms with E-state index in [9.17, 15) is 9.59 Å². The molecule has 1 heterocycles. The molecule has 1 aliphatic heterocycles. The third kappa shape index (κ3) is 5.19. The van der Waals surface area contributed by atoms with Gasteiger partial charge in [-0.1, -0.05) is 12.1 Å². The van der Waals surface area contributed by atoms with Gasteiger partial charge in [-0.25, -0.2) is 0 Å². The summed E-state index contributed by atoms with van der Waals surface area (Å²) in [7, 11) is 1.62. The van der Waals surface area contributed by atoms with Crippen molar-refractivity contribution in [3.05, 3.63) is 24.3 Å². The lowest BCUT2D eigenvalue weighted by molar-refractivity contribution is -0.138. The van der Waals surface area contributed by atoms with E-state index < -0.39 is 5.41 Å². The van der Waals surface area contributed by atoms with Gasteiger partial charge in [-0.15, -0.1) is 0 Å². The average molecular weight is 363 g/mol. The first kappa shape index (κ1) is 20.2. The lowest BCUT2D eigenvalue weighted by atomic mass is 9.90. The Kier molecular flexibility index (Phi) is 7.41. The molecule has 0 atom stereocenters. The first-order valence-corrected chi connectivity index (χ1v) is 8.97. The number of carbonyl (C=O) groups excluding carboxylic acids is 2. The highest BCUT2D eigenvalue weighted by atomic mass is 16.5. The summed E-state index contributed by atoms with van der Waals surface area (Å²) in [6.07, 6.45) is 0.708. The number of morpholine rings is 1.